The van der Waals surface area contributed by atoms with Crippen LogP contribution in [0.25, 0.3) is 0 Å². The Morgan fingerprint density at radius 2 is 1.59 bits per heavy atom. The lowest BCUT2D eigenvalue weighted by Gasteiger charge is -2.39. The van der Waals surface area contributed by atoms with Crippen molar-refractivity contribution in [1.82, 2.24) is 9.80 Å². The molecule has 2 saturated heterocycles. The Morgan fingerprint density at radius 1 is 0.946 bits per heavy atom. The number of likely N-dealkylation sites (tertiary alicyclic amines) is 2. The number of piperidine rings is 1. The van der Waals surface area contributed by atoms with Crippen LogP contribution in [0.1, 0.15) is 78.9 Å². The number of hydrogen-bond donors (Lipinski definition) is 0. The molecule has 3 heterocycles. The monoisotopic (exact) mass is 525 g/mol. The summed E-state index contributed by atoms with van der Waals surface area (Å²) in [6, 6.07) is 12.6. The first-order valence-corrected chi connectivity index (χ1v) is 13.7. The first-order valence-electron chi connectivity index (χ1n) is 13.7. The second-order valence-electron chi connectivity index (χ2n) is 10.2. The fourth-order valence-electron chi connectivity index (χ4n) is 5.88. The van der Waals surface area contributed by atoms with E-state index >= 15 is 0 Å². The van der Waals surface area contributed by atoms with Gasteiger partial charge in [-0.05, 0) is 76.5 Å². The van der Waals surface area contributed by atoms with Gasteiger partial charge in [0.05, 0.1) is 25.0 Å². The first kappa shape index (κ1) is 27.5. The molecule has 37 heavy (non-hydrogen) atoms. The summed E-state index contributed by atoms with van der Waals surface area (Å²) in [6.45, 7) is 8.93. The highest BCUT2D eigenvalue weighted by Crippen LogP contribution is 2.42. The summed E-state index contributed by atoms with van der Waals surface area (Å²) in [5.74, 6) is 2.05. The van der Waals surface area contributed by atoms with Gasteiger partial charge < -0.3 is 19.3 Å². The van der Waals surface area contributed by atoms with Gasteiger partial charge in [0.2, 0.25) is 0 Å². The van der Waals surface area contributed by atoms with Crippen LogP contribution in [0.3, 0.4) is 0 Å². The third-order valence-electron chi connectivity index (χ3n) is 7.74. The number of carbonyl (C=O) groups is 1. The summed E-state index contributed by atoms with van der Waals surface area (Å²) in [5.41, 5.74) is 5.20. The highest BCUT2D eigenvalue weighted by atomic mass is 35.5. The van der Waals surface area contributed by atoms with E-state index in [1.807, 2.05) is 30.9 Å². The highest BCUT2D eigenvalue weighted by molar-refractivity contribution is 6.15. The fraction of sp³-hybridized carbons (Fsp3) is 0.533. The van der Waals surface area contributed by atoms with Crippen LogP contribution in [0.15, 0.2) is 41.4 Å². The standard InChI is InChI=1S/C30H39N3O3.ClH/c1-4-35-27-18-23-24(19-28(27)36-5-2)29(31-26-14-17-32(3)20-25(23)26)21-10-12-22(13-11-21)30(34)33-15-8-6-7-9-16-33;/h10-13,18-19,25-26H,4-9,14-17,20H2,1-3H3;1H. The van der Waals surface area contributed by atoms with E-state index in [1.54, 1.807) is 0 Å². The van der Waals surface area contributed by atoms with Gasteiger partial charge in [-0.25, -0.2) is 0 Å². The summed E-state index contributed by atoms with van der Waals surface area (Å²) >= 11 is 0. The summed E-state index contributed by atoms with van der Waals surface area (Å²) in [6.07, 6.45) is 5.66. The van der Waals surface area contributed by atoms with Gasteiger partial charge in [0.25, 0.3) is 5.91 Å². The van der Waals surface area contributed by atoms with Gasteiger partial charge in [0.1, 0.15) is 0 Å². The number of rotatable bonds is 6. The van der Waals surface area contributed by atoms with Gasteiger partial charge >= 0.3 is 0 Å². The Morgan fingerprint density at radius 3 is 2.24 bits per heavy atom. The lowest BCUT2D eigenvalue weighted by molar-refractivity contribution is 0.0761. The fourth-order valence-corrected chi connectivity index (χ4v) is 5.88. The topological polar surface area (TPSA) is 54.4 Å². The zero-order chi connectivity index (χ0) is 25.1. The maximum absolute atomic E-state index is 13.1. The van der Waals surface area contributed by atoms with Crippen LogP contribution in [0.4, 0.5) is 0 Å². The number of nitrogens with zero attached hydrogens (tertiary/aromatic N) is 3. The molecule has 1 amide bonds. The molecule has 5 rings (SSSR count). The van der Waals surface area contributed by atoms with Crippen LogP contribution < -0.4 is 9.47 Å². The number of amides is 1. The van der Waals surface area contributed by atoms with Crippen LogP contribution >= 0.6 is 12.4 Å². The molecule has 7 heteroatoms. The predicted octanol–water partition coefficient (Wildman–Crippen LogP) is 5.56. The summed E-state index contributed by atoms with van der Waals surface area (Å²) in [7, 11) is 2.19. The molecular formula is C30H40ClN3O3. The molecule has 0 saturated carbocycles. The molecule has 0 aliphatic carbocycles. The number of aliphatic imine (C=N–C) groups is 1. The molecule has 3 aliphatic rings. The smallest absolute Gasteiger partial charge is 0.253 e. The largest absolute Gasteiger partial charge is 0.490 e. The number of carbonyl (C=O) groups excluding carboxylic acids is 1. The van der Waals surface area contributed by atoms with E-state index in [9.17, 15) is 4.79 Å². The van der Waals surface area contributed by atoms with Crippen LogP contribution in [-0.2, 0) is 0 Å². The molecule has 2 unspecified atom stereocenters. The molecule has 3 aliphatic heterocycles. The normalized spacial score (nSPS) is 21.6. The molecule has 2 aromatic carbocycles. The van der Waals surface area contributed by atoms with Crippen molar-refractivity contribution in [1.29, 1.82) is 0 Å². The number of hydrogen-bond acceptors (Lipinski definition) is 5. The van der Waals surface area contributed by atoms with Crippen LogP contribution in [-0.4, -0.2) is 73.9 Å². The van der Waals surface area contributed by atoms with Crippen molar-refractivity contribution in [2.75, 3.05) is 46.4 Å². The molecule has 0 radical (unpaired) electrons. The maximum atomic E-state index is 13.1. The number of halogens is 1. The third kappa shape index (κ3) is 5.80. The van der Waals surface area contributed by atoms with E-state index in [2.05, 4.69) is 36.2 Å². The molecule has 2 aromatic rings. The van der Waals surface area contributed by atoms with Crippen molar-refractivity contribution in [3.8, 4) is 11.5 Å². The zero-order valence-corrected chi connectivity index (χ0v) is 23.2. The molecule has 0 aromatic heterocycles. The summed E-state index contributed by atoms with van der Waals surface area (Å²) < 4.78 is 12.0. The van der Waals surface area contributed by atoms with Gasteiger partial charge in [0, 0.05) is 42.2 Å². The minimum Gasteiger partial charge on any atom is -0.490 e. The van der Waals surface area contributed by atoms with Crippen LogP contribution in [0, 0.1) is 0 Å². The minimum atomic E-state index is 0. The third-order valence-corrected chi connectivity index (χ3v) is 7.74. The molecule has 6 nitrogen and oxygen atoms in total. The average molecular weight is 526 g/mol. The Balaban J connectivity index is 0.00000320. The second kappa shape index (κ2) is 12.3. The molecule has 2 atom stereocenters. The van der Waals surface area contributed by atoms with Crippen molar-refractivity contribution in [2.45, 2.75) is 57.9 Å². The number of fused-ring (bicyclic) bond motifs is 3. The Labute approximate surface area is 227 Å². The minimum absolute atomic E-state index is 0. The summed E-state index contributed by atoms with van der Waals surface area (Å²) in [4.78, 5) is 22.8. The van der Waals surface area contributed by atoms with Gasteiger partial charge in [-0.3, -0.25) is 9.79 Å². The second-order valence-corrected chi connectivity index (χ2v) is 10.2. The van der Waals surface area contributed by atoms with E-state index in [0.717, 1.165) is 79.3 Å². The quantitative estimate of drug-likeness (QED) is 0.495. The summed E-state index contributed by atoms with van der Waals surface area (Å²) in [5, 5.41) is 0. The molecule has 0 N–H and O–H groups in total. The van der Waals surface area contributed by atoms with E-state index in [1.165, 1.54) is 18.4 Å². The highest BCUT2D eigenvalue weighted by Gasteiger charge is 2.36. The van der Waals surface area contributed by atoms with Gasteiger partial charge in [-0.15, -0.1) is 12.4 Å². The van der Waals surface area contributed by atoms with Crippen molar-refractivity contribution in [3.63, 3.8) is 0 Å². The van der Waals surface area contributed by atoms with Crippen molar-refractivity contribution in [2.24, 2.45) is 4.99 Å². The molecule has 0 bridgehead atoms. The Bertz CT molecular complexity index is 1110. The molecule has 2 fully saturated rings. The van der Waals surface area contributed by atoms with Gasteiger partial charge in [-0.1, -0.05) is 25.0 Å². The van der Waals surface area contributed by atoms with Crippen LogP contribution in [0.5, 0.6) is 11.5 Å². The first-order chi connectivity index (χ1) is 17.6. The van der Waals surface area contributed by atoms with Gasteiger partial charge in [0.15, 0.2) is 11.5 Å². The predicted molar refractivity (Wildman–Crippen MR) is 151 cm³/mol. The van der Waals surface area contributed by atoms with E-state index in [4.69, 9.17) is 14.5 Å². The van der Waals surface area contributed by atoms with E-state index < -0.39 is 0 Å². The van der Waals surface area contributed by atoms with E-state index in [0.29, 0.717) is 19.1 Å². The van der Waals surface area contributed by atoms with Crippen LogP contribution in [0.2, 0.25) is 0 Å². The number of ether oxygens (including phenoxy) is 2. The molecule has 0 spiro atoms. The Hall–Kier alpha value is -2.57. The SMILES string of the molecule is CCOc1cc2c(cc1OCC)C1CN(C)CCC1N=C2c1ccc(C(=O)N2CCCCCC2)cc1.Cl. The number of benzene rings is 2. The van der Waals surface area contributed by atoms with Crippen molar-refractivity contribution >= 4 is 24.0 Å². The van der Waals surface area contributed by atoms with Crippen molar-refractivity contribution in [3.05, 3.63) is 58.7 Å². The Kier molecular flexibility index (Phi) is 9.14. The average Bonchev–Trinajstić information content (AvgIpc) is 3.19. The number of likely N-dealkylation sites (N-methyl/N-ethyl adjacent to an activating group) is 1. The van der Waals surface area contributed by atoms with Crippen molar-refractivity contribution < 1.29 is 14.3 Å². The van der Waals surface area contributed by atoms with E-state index in [-0.39, 0.29) is 24.4 Å². The lowest BCUT2D eigenvalue weighted by atomic mass is 9.79. The zero-order valence-electron chi connectivity index (χ0n) is 22.4. The molecule has 200 valence electrons. The van der Waals surface area contributed by atoms with Gasteiger partial charge in [-0.2, -0.15) is 0 Å². The molecular weight excluding hydrogens is 486 g/mol. The maximum Gasteiger partial charge on any atom is 0.253 e. The lowest BCUT2D eigenvalue weighted by Crippen LogP contribution is -2.41.